The zero-order chi connectivity index (χ0) is 20.8. The number of carbonyl (C=O) groups is 1. The molecule has 6 heteroatoms. The lowest BCUT2D eigenvalue weighted by molar-refractivity contribution is 0.102. The van der Waals surface area contributed by atoms with Crippen molar-refractivity contribution in [1.29, 1.82) is 0 Å². The van der Waals surface area contributed by atoms with Crippen LogP contribution in [0.3, 0.4) is 0 Å². The average Bonchev–Trinajstić information content (AvgIpc) is 2.76. The van der Waals surface area contributed by atoms with E-state index in [0.717, 1.165) is 62.9 Å². The highest BCUT2D eigenvalue weighted by atomic mass is 16.1. The van der Waals surface area contributed by atoms with Crippen molar-refractivity contribution in [1.82, 2.24) is 9.88 Å². The number of rotatable bonds is 7. The molecule has 2 aromatic rings. The first-order chi connectivity index (χ1) is 14.0. The van der Waals surface area contributed by atoms with E-state index >= 15 is 0 Å². The third kappa shape index (κ3) is 5.07. The monoisotopic (exact) mass is 395 g/mol. The third-order valence-corrected chi connectivity index (χ3v) is 5.74. The van der Waals surface area contributed by atoms with Crippen LogP contribution in [0.15, 0.2) is 36.5 Å². The number of nitrogens with zero attached hydrogens (tertiary/aromatic N) is 4. The molecular weight excluding hydrogens is 362 g/mol. The van der Waals surface area contributed by atoms with Gasteiger partial charge in [-0.05, 0) is 63.2 Å². The van der Waals surface area contributed by atoms with Crippen molar-refractivity contribution in [2.45, 2.75) is 27.7 Å². The lowest BCUT2D eigenvalue weighted by Gasteiger charge is -2.34. The second-order valence-electron chi connectivity index (χ2n) is 7.45. The van der Waals surface area contributed by atoms with E-state index < -0.39 is 0 Å². The highest BCUT2D eigenvalue weighted by molar-refractivity contribution is 6.04. The number of anilines is 3. The molecule has 1 aliphatic heterocycles. The number of pyridine rings is 1. The number of piperazine rings is 1. The Kier molecular flexibility index (Phi) is 7.09. The number of benzene rings is 1. The summed E-state index contributed by atoms with van der Waals surface area (Å²) in [6.45, 7) is 15.6. The number of nitrogens with one attached hydrogen (secondary N) is 1. The van der Waals surface area contributed by atoms with Crippen LogP contribution in [0, 0.1) is 6.92 Å². The first kappa shape index (κ1) is 21.1. The van der Waals surface area contributed by atoms with Gasteiger partial charge in [-0.25, -0.2) is 4.98 Å². The van der Waals surface area contributed by atoms with Gasteiger partial charge in [-0.1, -0.05) is 6.92 Å². The van der Waals surface area contributed by atoms with Gasteiger partial charge in [-0.15, -0.1) is 0 Å². The number of amides is 1. The lowest BCUT2D eigenvalue weighted by atomic mass is 10.1. The highest BCUT2D eigenvalue weighted by Crippen LogP contribution is 2.23. The fourth-order valence-corrected chi connectivity index (χ4v) is 3.77. The van der Waals surface area contributed by atoms with Crippen LogP contribution in [0.1, 0.15) is 36.7 Å². The minimum atomic E-state index is -0.126. The molecule has 0 unspecified atom stereocenters. The summed E-state index contributed by atoms with van der Waals surface area (Å²) in [5.74, 6) is 0.815. The number of likely N-dealkylation sites (N-methyl/N-ethyl adjacent to an activating group) is 1. The van der Waals surface area contributed by atoms with Crippen molar-refractivity contribution >= 4 is 23.1 Å². The quantitative estimate of drug-likeness (QED) is 0.776. The fourth-order valence-electron chi connectivity index (χ4n) is 3.77. The van der Waals surface area contributed by atoms with Gasteiger partial charge in [-0.3, -0.25) is 4.79 Å². The molecular formula is C23H33N5O. The van der Waals surface area contributed by atoms with Gasteiger partial charge in [-0.2, -0.15) is 0 Å². The molecule has 1 amide bonds. The van der Waals surface area contributed by atoms with E-state index in [1.807, 2.05) is 25.1 Å². The van der Waals surface area contributed by atoms with Gasteiger partial charge in [0.05, 0.1) is 5.56 Å². The molecule has 0 saturated carbocycles. The Bertz CT molecular complexity index is 809. The van der Waals surface area contributed by atoms with Gasteiger partial charge in [0.1, 0.15) is 5.82 Å². The van der Waals surface area contributed by atoms with Crippen molar-refractivity contribution < 1.29 is 4.79 Å². The molecule has 29 heavy (non-hydrogen) atoms. The summed E-state index contributed by atoms with van der Waals surface area (Å²) in [6, 6.07) is 9.99. The van der Waals surface area contributed by atoms with Crippen molar-refractivity contribution in [2.24, 2.45) is 0 Å². The Morgan fingerprint density at radius 3 is 2.34 bits per heavy atom. The number of aromatic nitrogens is 1. The Labute approximate surface area is 174 Å². The molecule has 1 saturated heterocycles. The molecule has 1 fully saturated rings. The molecule has 6 nitrogen and oxygen atoms in total. The molecule has 0 radical (unpaired) electrons. The van der Waals surface area contributed by atoms with Crippen LogP contribution in [-0.4, -0.2) is 61.6 Å². The number of hydrogen-bond donors (Lipinski definition) is 1. The zero-order valence-corrected chi connectivity index (χ0v) is 18.1. The summed E-state index contributed by atoms with van der Waals surface area (Å²) < 4.78 is 0. The second-order valence-corrected chi connectivity index (χ2v) is 7.45. The average molecular weight is 396 g/mol. The van der Waals surface area contributed by atoms with E-state index in [4.69, 9.17) is 0 Å². The van der Waals surface area contributed by atoms with Crippen LogP contribution in [0.4, 0.5) is 17.2 Å². The summed E-state index contributed by atoms with van der Waals surface area (Å²) in [5, 5.41) is 3.02. The van der Waals surface area contributed by atoms with Crippen molar-refractivity contribution in [2.75, 3.05) is 60.9 Å². The van der Waals surface area contributed by atoms with E-state index in [9.17, 15) is 4.79 Å². The summed E-state index contributed by atoms with van der Waals surface area (Å²) in [6.07, 6.45) is 1.68. The van der Waals surface area contributed by atoms with Crippen molar-refractivity contribution in [3.05, 3.63) is 47.7 Å². The fraction of sp³-hybridized carbons (Fsp3) is 0.478. The minimum Gasteiger partial charge on any atom is -0.372 e. The maximum absolute atomic E-state index is 12.7. The van der Waals surface area contributed by atoms with Crippen LogP contribution in [0.5, 0.6) is 0 Å². The lowest BCUT2D eigenvalue weighted by Crippen LogP contribution is -2.46. The highest BCUT2D eigenvalue weighted by Gasteiger charge is 2.17. The standard InChI is InChI=1S/C23H33N5O/c1-5-26-12-14-28(15-13-26)22-11-8-19(17-24-22)23(29)25-21-10-9-20(16-18(21)4)27(6-2)7-3/h8-11,16-17H,5-7,12-15H2,1-4H3,(H,25,29). The van der Waals surface area contributed by atoms with Gasteiger partial charge in [0.25, 0.3) is 5.91 Å². The molecule has 1 aliphatic rings. The van der Waals surface area contributed by atoms with Gasteiger partial charge < -0.3 is 20.0 Å². The van der Waals surface area contributed by atoms with Gasteiger partial charge in [0.2, 0.25) is 0 Å². The summed E-state index contributed by atoms with van der Waals surface area (Å²) >= 11 is 0. The SMILES string of the molecule is CCN1CCN(c2ccc(C(=O)Nc3ccc(N(CC)CC)cc3C)cn2)CC1. The molecule has 3 rings (SSSR count). The number of hydrogen-bond acceptors (Lipinski definition) is 5. The summed E-state index contributed by atoms with van der Waals surface area (Å²) in [4.78, 5) is 24.2. The second kappa shape index (κ2) is 9.74. The molecule has 1 aromatic carbocycles. The van der Waals surface area contributed by atoms with Gasteiger partial charge in [0, 0.05) is 56.8 Å². The maximum atomic E-state index is 12.7. The molecule has 0 spiro atoms. The van der Waals surface area contributed by atoms with Crippen LogP contribution in [0.2, 0.25) is 0 Å². The smallest absolute Gasteiger partial charge is 0.257 e. The Morgan fingerprint density at radius 1 is 1.07 bits per heavy atom. The predicted molar refractivity (Wildman–Crippen MR) is 121 cm³/mol. The number of aryl methyl sites for hydroxylation is 1. The van der Waals surface area contributed by atoms with Gasteiger partial charge in [0.15, 0.2) is 0 Å². The van der Waals surface area contributed by atoms with Crippen molar-refractivity contribution in [3.63, 3.8) is 0 Å². The van der Waals surface area contributed by atoms with E-state index in [1.165, 1.54) is 5.69 Å². The largest absolute Gasteiger partial charge is 0.372 e. The summed E-state index contributed by atoms with van der Waals surface area (Å²) in [7, 11) is 0. The minimum absolute atomic E-state index is 0.126. The topological polar surface area (TPSA) is 51.7 Å². The Balaban J connectivity index is 1.64. The molecule has 0 atom stereocenters. The van der Waals surface area contributed by atoms with Crippen LogP contribution < -0.4 is 15.1 Å². The maximum Gasteiger partial charge on any atom is 0.257 e. The molecule has 0 bridgehead atoms. The summed E-state index contributed by atoms with van der Waals surface area (Å²) in [5.41, 5.74) is 3.65. The molecule has 1 aromatic heterocycles. The number of carbonyl (C=O) groups excluding carboxylic acids is 1. The molecule has 2 heterocycles. The third-order valence-electron chi connectivity index (χ3n) is 5.74. The van der Waals surface area contributed by atoms with E-state index in [-0.39, 0.29) is 5.91 Å². The van der Waals surface area contributed by atoms with Crippen LogP contribution >= 0.6 is 0 Å². The molecule has 0 aliphatic carbocycles. The normalized spacial score (nSPS) is 14.7. The zero-order valence-electron chi connectivity index (χ0n) is 18.1. The predicted octanol–water partition coefficient (Wildman–Crippen LogP) is 3.63. The van der Waals surface area contributed by atoms with Crippen LogP contribution in [0.25, 0.3) is 0 Å². The van der Waals surface area contributed by atoms with E-state index in [0.29, 0.717) is 5.56 Å². The molecule has 1 N–H and O–H groups in total. The van der Waals surface area contributed by atoms with E-state index in [1.54, 1.807) is 6.20 Å². The molecule has 156 valence electrons. The Morgan fingerprint density at radius 2 is 1.79 bits per heavy atom. The Hall–Kier alpha value is -2.60. The van der Waals surface area contributed by atoms with E-state index in [2.05, 4.69) is 57.9 Å². The van der Waals surface area contributed by atoms with Crippen LogP contribution in [-0.2, 0) is 0 Å². The van der Waals surface area contributed by atoms with Gasteiger partial charge >= 0.3 is 0 Å². The van der Waals surface area contributed by atoms with Crippen molar-refractivity contribution in [3.8, 4) is 0 Å². The first-order valence-corrected chi connectivity index (χ1v) is 10.7. The first-order valence-electron chi connectivity index (χ1n) is 10.7.